The van der Waals surface area contributed by atoms with Gasteiger partial charge in [0, 0.05) is 29.1 Å². The van der Waals surface area contributed by atoms with Gasteiger partial charge in [0.25, 0.3) is 0 Å². The van der Waals surface area contributed by atoms with Crippen LogP contribution in [0.5, 0.6) is 0 Å². The van der Waals surface area contributed by atoms with Gasteiger partial charge in [-0.2, -0.15) is 0 Å². The van der Waals surface area contributed by atoms with E-state index in [0.29, 0.717) is 17.7 Å². The van der Waals surface area contributed by atoms with Gasteiger partial charge in [-0.05, 0) is 18.6 Å². The fourth-order valence-electron chi connectivity index (χ4n) is 2.07. The molecule has 2 aromatic rings. The zero-order chi connectivity index (χ0) is 15.1. The number of ketones is 1. The maximum atomic E-state index is 12.6. The van der Waals surface area contributed by atoms with Crippen molar-refractivity contribution in [3.63, 3.8) is 0 Å². The molecule has 126 valence electrons. The van der Waals surface area contributed by atoms with Crippen molar-refractivity contribution in [1.82, 2.24) is 4.98 Å². The van der Waals surface area contributed by atoms with Crippen LogP contribution in [0.2, 0.25) is 0 Å². The van der Waals surface area contributed by atoms with E-state index in [4.69, 9.17) is 5.73 Å². The van der Waals surface area contributed by atoms with E-state index < -0.39 is 0 Å². The molecule has 23 heavy (non-hydrogen) atoms. The lowest BCUT2D eigenvalue weighted by Gasteiger charge is -2.08. The molecule has 0 aliphatic carbocycles. The number of halogens is 2. The predicted octanol–water partition coefficient (Wildman–Crippen LogP) is 4.16. The van der Waals surface area contributed by atoms with Gasteiger partial charge in [-0.1, -0.05) is 43.7 Å². The summed E-state index contributed by atoms with van der Waals surface area (Å²) in [5.74, 6) is 0.853. The van der Waals surface area contributed by atoms with Gasteiger partial charge in [0.1, 0.15) is 0 Å². The summed E-state index contributed by atoms with van der Waals surface area (Å²) in [4.78, 5) is 17.2. The number of benzene rings is 1. The number of hydrogen-bond acceptors (Lipinski definition) is 4. The molecule has 3 nitrogen and oxygen atoms in total. The molecule has 1 aromatic carbocycles. The summed E-state index contributed by atoms with van der Waals surface area (Å²) in [6.45, 7) is 2.71. The lowest BCUT2D eigenvalue weighted by atomic mass is 10.0. The van der Waals surface area contributed by atoms with Gasteiger partial charge in [0.05, 0.1) is 5.03 Å². The van der Waals surface area contributed by atoms with E-state index in [-0.39, 0.29) is 30.6 Å². The van der Waals surface area contributed by atoms with Crippen molar-refractivity contribution in [1.29, 1.82) is 0 Å². The van der Waals surface area contributed by atoms with E-state index in [0.717, 1.165) is 29.3 Å². The Bertz CT molecular complexity index is 609. The number of pyridine rings is 1. The number of thioether (sulfide) groups is 1. The third kappa shape index (κ3) is 6.51. The quantitative estimate of drug-likeness (QED) is 0.585. The molecule has 0 aliphatic rings. The van der Waals surface area contributed by atoms with Gasteiger partial charge in [-0.15, -0.1) is 36.6 Å². The van der Waals surface area contributed by atoms with Crippen LogP contribution in [-0.4, -0.2) is 23.1 Å². The summed E-state index contributed by atoms with van der Waals surface area (Å²) in [5.41, 5.74) is 7.93. The van der Waals surface area contributed by atoms with Crippen molar-refractivity contribution in [3.05, 3.63) is 59.3 Å². The summed E-state index contributed by atoms with van der Waals surface area (Å²) in [5, 5.41) is 0.880. The minimum absolute atomic E-state index is 0. The van der Waals surface area contributed by atoms with E-state index in [1.54, 1.807) is 11.8 Å². The normalized spacial score (nSPS) is 9.65. The molecule has 0 spiro atoms. The van der Waals surface area contributed by atoms with Crippen LogP contribution >= 0.6 is 36.6 Å². The van der Waals surface area contributed by atoms with Crippen LogP contribution in [0.15, 0.2) is 47.5 Å². The molecule has 0 fully saturated rings. The number of hydrogen-bond donors (Lipinski definition) is 1. The molecule has 0 amide bonds. The molecule has 2 rings (SSSR count). The van der Waals surface area contributed by atoms with Crippen LogP contribution in [0, 0.1) is 0 Å². The summed E-state index contributed by atoms with van der Waals surface area (Å²) >= 11 is 1.60. The van der Waals surface area contributed by atoms with Gasteiger partial charge < -0.3 is 5.73 Å². The standard InChI is InChI=1S/C17H20N2OS.2ClH/c1-2-6-15-11-14(12-16(19-15)21-10-9-18)17(20)13-7-4-3-5-8-13;;/h3-5,7-8,11-12H,2,6,9-10,18H2,1H3;2*1H. The second-order valence-corrected chi connectivity index (χ2v) is 5.88. The summed E-state index contributed by atoms with van der Waals surface area (Å²) < 4.78 is 0. The highest BCUT2D eigenvalue weighted by atomic mass is 35.5. The Morgan fingerprint density at radius 1 is 1.13 bits per heavy atom. The first-order chi connectivity index (χ1) is 10.2. The van der Waals surface area contributed by atoms with E-state index in [1.807, 2.05) is 42.5 Å². The lowest BCUT2D eigenvalue weighted by Crippen LogP contribution is -2.06. The maximum Gasteiger partial charge on any atom is 0.193 e. The second-order valence-electron chi connectivity index (χ2n) is 4.77. The fraction of sp³-hybridized carbons (Fsp3) is 0.294. The molecular formula is C17H22Cl2N2OS. The topological polar surface area (TPSA) is 56.0 Å². The van der Waals surface area contributed by atoms with Gasteiger partial charge in [0.15, 0.2) is 5.78 Å². The molecule has 0 saturated carbocycles. The van der Waals surface area contributed by atoms with Gasteiger partial charge >= 0.3 is 0 Å². The number of nitrogens with zero attached hydrogens (tertiary/aromatic N) is 1. The number of aryl methyl sites for hydroxylation is 1. The zero-order valence-electron chi connectivity index (χ0n) is 13.0. The number of rotatable bonds is 7. The monoisotopic (exact) mass is 372 g/mol. The molecule has 0 atom stereocenters. The Morgan fingerprint density at radius 3 is 2.43 bits per heavy atom. The molecule has 0 radical (unpaired) electrons. The van der Waals surface area contributed by atoms with E-state index >= 15 is 0 Å². The Labute approximate surface area is 154 Å². The lowest BCUT2D eigenvalue weighted by molar-refractivity contribution is 0.103. The zero-order valence-corrected chi connectivity index (χ0v) is 15.5. The second kappa shape index (κ2) is 11.5. The van der Waals surface area contributed by atoms with Gasteiger partial charge in [-0.25, -0.2) is 4.98 Å². The van der Waals surface area contributed by atoms with Crippen LogP contribution in [0.25, 0.3) is 0 Å². The minimum atomic E-state index is 0. The molecule has 2 N–H and O–H groups in total. The summed E-state index contributed by atoms with van der Waals surface area (Å²) in [7, 11) is 0. The van der Waals surface area contributed by atoms with Crippen molar-refractivity contribution >= 4 is 42.4 Å². The first kappa shape index (κ1) is 21.9. The van der Waals surface area contributed by atoms with Crippen molar-refractivity contribution in [2.75, 3.05) is 12.3 Å². The van der Waals surface area contributed by atoms with Gasteiger partial charge in [-0.3, -0.25) is 4.79 Å². The predicted molar refractivity (Wildman–Crippen MR) is 102 cm³/mol. The fourth-order valence-corrected chi connectivity index (χ4v) is 2.79. The Kier molecular flexibility index (Phi) is 10.9. The van der Waals surface area contributed by atoms with E-state index in [9.17, 15) is 4.79 Å². The van der Waals surface area contributed by atoms with Crippen molar-refractivity contribution in [2.24, 2.45) is 5.73 Å². The summed E-state index contributed by atoms with van der Waals surface area (Å²) in [6.07, 6.45) is 1.89. The van der Waals surface area contributed by atoms with Crippen LogP contribution in [-0.2, 0) is 6.42 Å². The average molecular weight is 373 g/mol. The van der Waals surface area contributed by atoms with Crippen molar-refractivity contribution in [2.45, 2.75) is 24.8 Å². The molecule has 0 unspecified atom stereocenters. The van der Waals surface area contributed by atoms with E-state index in [2.05, 4.69) is 11.9 Å². The SMILES string of the molecule is CCCc1cc(C(=O)c2ccccc2)cc(SCCN)n1.Cl.Cl. The highest BCUT2D eigenvalue weighted by Gasteiger charge is 2.12. The molecule has 6 heteroatoms. The highest BCUT2D eigenvalue weighted by Crippen LogP contribution is 2.20. The number of carbonyl (C=O) groups excluding carboxylic acids is 1. The van der Waals surface area contributed by atoms with Crippen LogP contribution in [0.1, 0.15) is 35.0 Å². The molecular weight excluding hydrogens is 351 g/mol. The number of carbonyl (C=O) groups is 1. The number of nitrogens with two attached hydrogens (primary N) is 1. The van der Waals surface area contributed by atoms with E-state index in [1.165, 1.54) is 0 Å². The van der Waals surface area contributed by atoms with Crippen LogP contribution in [0.4, 0.5) is 0 Å². The Hall–Kier alpha value is -1.07. The molecule has 0 aliphatic heterocycles. The van der Waals surface area contributed by atoms with Crippen molar-refractivity contribution < 1.29 is 4.79 Å². The molecule has 0 saturated heterocycles. The van der Waals surface area contributed by atoms with Crippen LogP contribution in [0.3, 0.4) is 0 Å². The first-order valence-electron chi connectivity index (χ1n) is 7.18. The highest BCUT2D eigenvalue weighted by molar-refractivity contribution is 7.99. The van der Waals surface area contributed by atoms with Gasteiger partial charge in [0.2, 0.25) is 0 Å². The average Bonchev–Trinajstić information content (AvgIpc) is 2.53. The Balaban J connectivity index is 0.00000242. The third-order valence-electron chi connectivity index (χ3n) is 3.03. The van der Waals surface area contributed by atoms with Crippen LogP contribution < -0.4 is 5.73 Å². The maximum absolute atomic E-state index is 12.6. The molecule has 1 heterocycles. The minimum Gasteiger partial charge on any atom is -0.330 e. The Morgan fingerprint density at radius 2 is 1.83 bits per heavy atom. The third-order valence-corrected chi connectivity index (χ3v) is 3.97. The van der Waals surface area contributed by atoms with Crippen molar-refractivity contribution in [3.8, 4) is 0 Å². The first-order valence-corrected chi connectivity index (χ1v) is 8.16. The summed E-state index contributed by atoms with van der Waals surface area (Å²) in [6, 6.07) is 13.1. The molecule has 0 bridgehead atoms. The molecule has 1 aromatic heterocycles. The smallest absolute Gasteiger partial charge is 0.193 e. The largest absolute Gasteiger partial charge is 0.330 e. The number of aromatic nitrogens is 1.